The number of rotatable bonds is 7. The highest BCUT2D eigenvalue weighted by Crippen LogP contribution is 2.41. The third-order valence-electron chi connectivity index (χ3n) is 6.54. The Labute approximate surface area is 206 Å². The van der Waals surface area contributed by atoms with Crippen molar-refractivity contribution in [3.63, 3.8) is 0 Å². The Morgan fingerprint density at radius 2 is 1.80 bits per heavy atom. The molecule has 182 valence electrons. The molecule has 1 aliphatic heterocycles. The monoisotopic (exact) mass is 471 g/mol. The van der Waals surface area contributed by atoms with Crippen molar-refractivity contribution in [3.05, 3.63) is 59.9 Å². The largest absolute Gasteiger partial charge is 0.386 e. The van der Waals surface area contributed by atoms with Gasteiger partial charge in [-0.3, -0.25) is 0 Å². The fourth-order valence-corrected chi connectivity index (χ4v) is 4.62. The van der Waals surface area contributed by atoms with Crippen LogP contribution in [0.4, 0.5) is 5.69 Å². The summed E-state index contributed by atoms with van der Waals surface area (Å²) in [5.74, 6) is 0.538. The van der Waals surface area contributed by atoms with E-state index in [1.165, 1.54) is 0 Å². The van der Waals surface area contributed by atoms with E-state index in [1.54, 1.807) is 0 Å². The summed E-state index contributed by atoms with van der Waals surface area (Å²) in [4.78, 5) is 2.04. The molecule has 8 heteroatoms. The van der Waals surface area contributed by atoms with Crippen molar-refractivity contribution in [2.24, 2.45) is 5.41 Å². The van der Waals surface area contributed by atoms with Crippen LogP contribution in [0.25, 0.3) is 22.5 Å². The summed E-state index contributed by atoms with van der Waals surface area (Å²) < 4.78 is 0. The van der Waals surface area contributed by atoms with Gasteiger partial charge in [-0.15, -0.1) is 10.2 Å². The van der Waals surface area contributed by atoms with Crippen molar-refractivity contribution in [1.29, 1.82) is 5.26 Å². The summed E-state index contributed by atoms with van der Waals surface area (Å²) in [6.45, 7) is 10.2. The number of aliphatic hydroxyl groups is 1. The molecule has 8 nitrogen and oxygen atoms in total. The van der Waals surface area contributed by atoms with Crippen LogP contribution in [-0.4, -0.2) is 37.5 Å². The number of unbranched alkanes of at least 4 members (excludes halogenated alkanes) is 1. The topological polar surface area (TPSA) is 114 Å². The van der Waals surface area contributed by atoms with Gasteiger partial charge < -0.3 is 15.3 Å². The zero-order chi connectivity index (χ0) is 25.2. The van der Waals surface area contributed by atoms with E-state index < -0.39 is 17.2 Å². The highest BCUT2D eigenvalue weighted by molar-refractivity contribution is 5.81. The number of nitrogens with zero attached hydrogens (tertiary/aromatic N) is 5. The molecule has 0 fully saturated rings. The standard InChI is InChI=1S/C27H33N7O/c1-6-7-16-27(5)29-23(24(35)26(2,3)4)22(17-28)34(27)19-14-12-18(13-15-19)20-10-8-9-11-21(20)25-30-32-33-31-25/h8-15,24,29,35H,6-7,16H2,1-5H3,(H,30,31,32,33). The number of anilines is 1. The molecule has 0 spiro atoms. The lowest BCUT2D eigenvalue weighted by Gasteiger charge is -2.38. The van der Waals surface area contributed by atoms with Crippen LogP contribution in [0.3, 0.4) is 0 Å². The first-order valence-corrected chi connectivity index (χ1v) is 12.0. The minimum absolute atomic E-state index is 0.408. The average Bonchev–Trinajstić information content (AvgIpc) is 3.48. The van der Waals surface area contributed by atoms with E-state index in [0.29, 0.717) is 17.2 Å². The predicted octanol–water partition coefficient (Wildman–Crippen LogP) is 4.99. The van der Waals surface area contributed by atoms with Gasteiger partial charge in [-0.1, -0.05) is 70.5 Å². The first kappa shape index (κ1) is 24.4. The van der Waals surface area contributed by atoms with Crippen LogP contribution < -0.4 is 10.2 Å². The molecule has 0 radical (unpaired) electrons. The molecule has 2 heterocycles. The minimum atomic E-state index is -0.788. The number of aliphatic hydroxyl groups excluding tert-OH is 1. The Hall–Kier alpha value is -3.70. The molecule has 4 rings (SSSR count). The fraction of sp³-hybridized carbons (Fsp3) is 0.407. The lowest BCUT2D eigenvalue weighted by atomic mass is 9.86. The van der Waals surface area contributed by atoms with Crippen molar-refractivity contribution in [2.75, 3.05) is 4.90 Å². The number of H-pyrrole nitrogens is 1. The molecule has 1 aliphatic rings. The number of hydrogen-bond donors (Lipinski definition) is 3. The Balaban J connectivity index is 1.76. The molecule has 3 N–H and O–H groups in total. The molecule has 2 aromatic carbocycles. The van der Waals surface area contributed by atoms with E-state index in [-0.39, 0.29) is 0 Å². The van der Waals surface area contributed by atoms with Crippen molar-refractivity contribution in [1.82, 2.24) is 25.9 Å². The summed E-state index contributed by atoms with van der Waals surface area (Å²) in [7, 11) is 0. The second-order valence-electron chi connectivity index (χ2n) is 10.3. The van der Waals surface area contributed by atoms with Gasteiger partial charge >= 0.3 is 0 Å². The number of hydrogen-bond acceptors (Lipinski definition) is 7. The van der Waals surface area contributed by atoms with Gasteiger partial charge in [0.15, 0.2) is 0 Å². The van der Waals surface area contributed by atoms with Gasteiger partial charge in [0.2, 0.25) is 5.82 Å². The van der Waals surface area contributed by atoms with Crippen LogP contribution in [0.5, 0.6) is 0 Å². The second-order valence-corrected chi connectivity index (χ2v) is 10.3. The number of aromatic nitrogens is 4. The number of tetrazole rings is 1. The summed E-state index contributed by atoms with van der Waals surface area (Å²) in [6.07, 6.45) is 2.07. The van der Waals surface area contributed by atoms with Crippen LogP contribution in [-0.2, 0) is 0 Å². The summed E-state index contributed by atoms with van der Waals surface area (Å²) >= 11 is 0. The lowest BCUT2D eigenvalue weighted by molar-refractivity contribution is 0.0863. The average molecular weight is 472 g/mol. The lowest BCUT2D eigenvalue weighted by Crippen LogP contribution is -2.51. The summed E-state index contributed by atoms with van der Waals surface area (Å²) in [5.41, 5.74) is 3.91. The Morgan fingerprint density at radius 1 is 1.11 bits per heavy atom. The highest BCUT2D eigenvalue weighted by Gasteiger charge is 2.45. The number of benzene rings is 2. The number of aromatic amines is 1. The van der Waals surface area contributed by atoms with Crippen molar-refractivity contribution in [3.8, 4) is 28.6 Å². The van der Waals surface area contributed by atoms with Crippen molar-refractivity contribution >= 4 is 5.69 Å². The maximum absolute atomic E-state index is 11.1. The number of nitrogens with one attached hydrogen (secondary N) is 2. The van der Waals surface area contributed by atoms with Crippen LogP contribution >= 0.6 is 0 Å². The second kappa shape index (κ2) is 9.51. The van der Waals surface area contributed by atoms with E-state index in [4.69, 9.17) is 0 Å². The number of nitriles is 1. The third kappa shape index (κ3) is 4.64. The zero-order valence-corrected chi connectivity index (χ0v) is 21.0. The zero-order valence-electron chi connectivity index (χ0n) is 21.0. The molecule has 35 heavy (non-hydrogen) atoms. The van der Waals surface area contributed by atoms with Gasteiger partial charge in [0.05, 0.1) is 5.70 Å². The molecule has 0 aliphatic carbocycles. The van der Waals surface area contributed by atoms with Gasteiger partial charge in [0.1, 0.15) is 23.5 Å². The number of allylic oxidation sites excluding steroid dienone is 1. The van der Waals surface area contributed by atoms with E-state index >= 15 is 0 Å². The normalized spacial score (nSPS) is 18.9. The van der Waals surface area contributed by atoms with E-state index in [0.717, 1.165) is 41.6 Å². The Kier molecular flexibility index (Phi) is 6.64. The smallest absolute Gasteiger partial charge is 0.205 e. The minimum Gasteiger partial charge on any atom is -0.386 e. The maximum Gasteiger partial charge on any atom is 0.205 e. The Morgan fingerprint density at radius 3 is 2.37 bits per heavy atom. The molecular formula is C27H33N7O. The van der Waals surface area contributed by atoms with Gasteiger partial charge in [-0.05, 0) is 53.7 Å². The Bertz CT molecular complexity index is 1240. The van der Waals surface area contributed by atoms with Crippen LogP contribution in [0, 0.1) is 16.7 Å². The van der Waals surface area contributed by atoms with Gasteiger partial charge in [-0.25, -0.2) is 0 Å². The van der Waals surface area contributed by atoms with Gasteiger partial charge in [0, 0.05) is 11.3 Å². The van der Waals surface area contributed by atoms with Crippen LogP contribution in [0.15, 0.2) is 59.9 Å². The molecule has 1 aromatic heterocycles. The fourth-order valence-electron chi connectivity index (χ4n) is 4.62. The molecule has 0 amide bonds. The van der Waals surface area contributed by atoms with E-state index in [1.807, 2.05) is 74.2 Å². The SMILES string of the molecule is CCCCC1(C)NC(C(O)C(C)(C)C)=C(C#N)N1c1ccc(-c2ccccc2-c2nn[nH]n2)cc1. The highest BCUT2D eigenvalue weighted by atomic mass is 16.3. The molecule has 0 saturated carbocycles. The summed E-state index contributed by atoms with van der Waals surface area (Å²) in [5, 5.41) is 39.3. The van der Waals surface area contributed by atoms with Crippen LogP contribution in [0.1, 0.15) is 53.9 Å². The van der Waals surface area contributed by atoms with Crippen molar-refractivity contribution in [2.45, 2.75) is 65.6 Å². The van der Waals surface area contributed by atoms with E-state index in [2.05, 4.69) is 45.9 Å². The molecular weight excluding hydrogens is 438 g/mol. The molecule has 0 saturated heterocycles. The molecule has 2 unspecified atom stereocenters. The predicted molar refractivity (Wildman–Crippen MR) is 137 cm³/mol. The summed E-state index contributed by atoms with van der Waals surface area (Å²) in [6, 6.07) is 18.4. The quantitative estimate of drug-likeness (QED) is 0.445. The van der Waals surface area contributed by atoms with Gasteiger partial charge in [0.25, 0.3) is 0 Å². The molecule has 2 atom stereocenters. The van der Waals surface area contributed by atoms with Crippen LogP contribution in [0.2, 0.25) is 0 Å². The van der Waals surface area contributed by atoms with Gasteiger partial charge in [-0.2, -0.15) is 10.5 Å². The van der Waals surface area contributed by atoms with Crippen molar-refractivity contribution < 1.29 is 5.11 Å². The first-order valence-electron chi connectivity index (χ1n) is 12.0. The maximum atomic E-state index is 11.1. The van der Waals surface area contributed by atoms with E-state index in [9.17, 15) is 10.4 Å². The third-order valence-corrected chi connectivity index (χ3v) is 6.54. The molecule has 3 aromatic rings. The molecule has 0 bridgehead atoms. The first-order chi connectivity index (χ1) is 16.7.